The summed E-state index contributed by atoms with van der Waals surface area (Å²) in [5.41, 5.74) is 1.00. The van der Waals surface area contributed by atoms with Crippen LogP contribution in [0.5, 0.6) is 0 Å². The fraction of sp³-hybridized carbons (Fsp3) is 0.318. The smallest absolute Gasteiger partial charge is 0.410 e. The molecule has 0 saturated heterocycles. The molecular formula is C22H21N3O7S2. The van der Waals surface area contributed by atoms with E-state index in [2.05, 4.69) is 5.32 Å². The van der Waals surface area contributed by atoms with Gasteiger partial charge in [-0.15, -0.1) is 22.7 Å². The van der Waals surface area contributed by atoms with Crippen molar-refractivity contribution in [3.8, 4) is 0 Å². The number of esters is 1. The Kier molecular flexibility index (Phi) is 6.80. The second kappa shape index (κ2) is 9.77. The summed E-state index contributed by atoms with van der Waals surface area (Å²) in [5, 5.41) is 14.8. The summed E-state index contributed by atoms with van der Waals surface area (Å²) in [7, 11) is 0. The Bertz CT molecular complexity index is 1300. The Hall–Kier alpha value is -3.51. The van der Waals surface area contributed by atoms with E-state index in [4.69, 9.17) is 9.47 Å². The molecule has 0 aliphatic carbocycles. The van der Waals surface area contributed by atoms with E-state index in [-0.39, 0.29) is 25.4 Å². The molecular weight excluding hydrogens is 482 g/mol. The standard InChI is InChI=1S/C22H21N3O7S2/c1-3-31-21(27)18-14-7-8-24(22(28)32-4-2)11-17(14)34-20(18)23-19(26)16-10-12-9-13(25(29)30)5-6-15(12)33-16/h5-6,9-10H,3-4,7-8,11H2,1-2H3,(H,23,26). The van der Waals surface area contributed by atoms with Crippen molar-refractivity contribution in [3.05, 3.63) is 55.3 Å². The molecule has 34 heavy (non-hydrogen) atoms. The number of anilines is 1. The van der Waals surface area contributed by atoms with E-state index < -0.39 is 22.9 Å². The topological polar surface area (TPSA) is 128 Å². The highest BCUT2D eigenvalue weighted by Crippen LogP contribution is 2.38. The first-order chi connectivity index (χ1) is 16.3. The van der Waals surface area contributed by atoms with Gasteiger partial charge in [-0.3, -0.25) is 14.9 Å². The molecule has 1 aliphatic rings. The summed E-state index contributed by atoms with van der Waals surface area (Å²) >= 11 is 2.42. The monoisotopic (exact) mass is 503 g/mol. The van der Waals surface area contributed by atoms with Crippen LogP contribution in [-0.2, 0) is 22.4 Å². The van der Waals surface area contributed by atoms with E-state index in [0.29, 0.717) is 33.8 Å². The number of hydrogen-bond acceptors (Lipinski definition) is 9. The summed E-state index contributed by atoms with van der Waals surface area (Å²) in [6.07, 6.45) is 0.00509. The number of nitro benzene ring substituents is 1. The number of benzene rings is 1. The van der Waals surface area contributed by atoms with Gasteiger partial charge in [-0.1, -0.05) is 0 Å². The largest absolute Gasteiger partial charge is 0.462 e. The van der Waals surface area contributed by atoms with Crippen molar-refractivity contribution < 1.29 is 28.8 Å². The van der Waals surface area contributed by atoms with Crippen LogP contribution in [0.25, 0.3) is 10.1 Å². The lowest BCUT2D eigenvalue weighted by atomic mass is 10.0. The zero-order chi connectivity index (χ0) is 24.4. The van der Waals surface area contributed by atoms with E-state index >= 15 is 0 Å². The van der Waals surface area contributed by atoms with Crippen molar-refractivity contribution in [2.75, 3.05) is 25.1 Å². The van der Waals surface area contributed by atoms with Crippen LogP contribution >= 0.6 is 22.7 Å². The van der Waals surface area contributed by atoms with Crippen LogP contribution in [0.3, 0.4) is 0 Å². The quantitative estimate of drug-likeness (QED) is 0.290. The Morgan fingerprint density at radius 3 is 2.62 bits per heavy atom. The summed E-state index contributed by atoms with van der Waals surface area (Å²) in [5.74, 6) is -0.970. The van der Waals surface area contributed by atoms with Crippen LogP contribution in [0.2, 0.25) is 0 Å². The molecule has 0 spiro atoms. The number of rotatable bonds is 6. The summed E-state index contributed by atoms with van der Waals surface area (Å²) in [4.78, 5) is 51.2. The summed E-state index contributed by atoms with van der Waals surface area (Å²) < 4.78 is 11.0. The Morgan fingerprint density at radius 2 is 1.91 bits per heavy atom. The highest BCUT2D eigenvalue weighted by atomic mass is 32.1. The number of hydrogen-bond donors (Lipinski definition) is 1. The van der Waals surface area contributed by atoms with E-state index in [1.165, 1.54) is 34.8 Å². The SMILES string of the molecule is CCOC(=O)c1c(NC(=O)c2cc3cc([N+](=O)[O-])ccc3s2)sc2c1CCN(C(=O)OCC)C2. The average molecular weight is 504 g/mol. The Morgan fingerprint density at radius 1 is 1.15 bits per heavy atom. The van der Waals surface area contributed by atoms with Crippen molar-refractivity contribution in [2.24, 2.45) is 0 Å². The van der Waals surface area contributed by atoms with E-state index in [1.807, 2.05) is 0 Å². The molecule has 3 heterocycles. The van der Waals surface area contributed by atoms with Gasteiger partial charge >= 0.3 is 12.1 Å². The third-order valence-electron chi connectivity index (χ3n) is 5.22. The number of carbonyl (C=O) groups excluding carboxylic acids is 3. The van der Waals surface area contributed by atoms with Gasteiger partial charge in [0.2, 0.25) is 0 Å². The zero-order valence-corrected chi connectivity index (χ0v) is 20.0. The maximum atomic E-state index is 13.0. The van der Waals surface area contributed by atoms with Crippen molar-refractivity contribution >= 4 is 61.4 Å². The third kappa shape index (κ3) is 4.59. The first-order valence-electron chi connectivity index (χ1n) is 10.5. The van der Waals surface area contributed by atoms with Gasteiger partial charge in [-0.25, -0.2) is 9.59 Å². The number of thiophene rings is 2. The minimum absolute atomic E-state index is 0.0565. The molecule has 10 nitrogen and oxygen atoms in total. The van der Waals surface area contributed by atoms with Crippen LogP contribution in [0, 0.1) is 10.1 Å². The predicted molar refractivity (Wildman–Crippen MR) is 128 cm³/mol. The Labute approximate surface area is 202 Å². The van der Waals surface area contributed by atoms with Crippen LogP contribution < -0.4 is 5.32 Å². The highest BCUT2D eigenvalue weighted by Gasteiger charge is 2.31. The maximum Gasteiger partial charge on any atom is 0.410 e. The molecule has 178 valence electrons. The number of nitrogens with zero attached hydrogens (tertiary/aromatic N) is 2. The summed E-state index contributed by atoms with van der Waals surface area (Å²) in [6.45, 7) is 4.54. The van der Waals surface area contributed by atoms with Gasteiger partial charge in [0, 0.05) is 33.6 Å². The van der Waals surface area contributed by atoms with Gasteiger partial charge in [0.15, 0.2) is 0 Å². The highest BCUT2D eigenvalue weighted by molar-refractivity contribution is 7.21. The number of amides is 2. The molecule has 1 aromatic carbocycles. The van der Waals surface area contributed by atoms with Crippen LogP contribution in [0.15, 0.2) is 24.3 Å². The van der Waals surface area contributed by atoms with Crippen LogP contribution in [0.4, 0.5) is 15.5 Å². The van der Waals surface area contributed by atoms with Gasteiger partial charge in [-0.2, -0.15) is 0 Å². The fourth-order valence-electron chi connectivity index (χ4n) is 3.70. The van der Waals surface area contributed by atoms with Gasteiger partial charge < -0.3 is 19.7 Å². The van der Waals surface area contributed by atoms with Crippen LogP contribution in [-0.4, -0.2) is 47.6 Å². The van der Waals surface area contributed by atoms with E-state index in [9.17, 15) is 24.5 Å². The van der Waals surface area contributed by atoms with E-state index in [0.717, 1.165) is 15.1 Å². The lowest BCUT2D eigenvalue weighted by molar-refractivity contribution is -0.384. The Balaban J connectivity index is 1.64. The lowest BCUT2D eigenvalue weighted by Crippen LogP contribution is -2.36. The van der Waals surface area contributed by atoms with Crippen molar-refractivity contribution in [3.63, 3.8) is 0 Å². The molecule has 4 rings (SSSR count). The average Bonchev–Trinajstić information content (AvgIpc) is 3.39. The van der Waals surface area contributed by atoms with Gasteiger partial charge in [0.05, 0.1) is 35.1 Å². The molecule has 0 saturated carbocycles. The fourth-order valence-corrected chi connectivity index (χ4v) is 5.89. The lowest BCUT2D eigenvalue weighted by Gasteiger charge is -2.26. The zero-order valence-electron chi connectivity index (χ0n) is 18.4. The number of ether oxygens (including phenoxy) is 2. The molecule has 0 bridgehead atoms. The molecule has 1 aliphatic heterocycles. The number of nitro groups is 1. The van der Waals surface area contributed by atoms with Crippen molar-refractivity contribution in [2.45, 2.75) is 26.8 Å². The molecule has 12 heteroatoms. The third-order valence-corrected chi connectivity index (χ3v) is 7.47. The number of fused-ring (bicyclic) bond motifs is 2. The van der Waals surface area contributed by atoms with Gasteiger partial charge in [0.1, 0.15) is 5.00 Å². The van der Waals surface area contributed by atoms with Crippen molar-refractivity contribution in [1.82, 2.24) is 4.90 Å². The van der Waals surface area contributed by atoms with E-state index in [1.54, 1.807) is 30.9 Å². The first-order valence-corrected chi connectivity index (χ1v) is 12.2. The van der Waals surface area contributed by atoms with Gasteiger partial charge in [-0.05, 0) is 38.0 Å². The molecule has 3 aromatic rings. The summed E-state index contributed by atoms with van der Waals surface area (Å²) in [6, 6.07) is 6.00. The minimum Gasteiger partial charge on any atom is -0.462 e. The predicted octanol–water partition coefficient (Wildman–Crippen LogP) is 4.81. The molecule has 0 fully saturated rings. The maximum absolute atomic E-state index is 13.0. The first kappa shape index (κ1) is 23.6. The number of non-ortho nitro benzene ring substituents is 1. The minimum atomic E-state index is -0.535. The van der Waals surface area contributed by atoms with Gasteiger partial charge in [0.25, 0.3) is 11.6 Å². The number of nitrogens with one attached hydrogen (secondary N) is 1. The van der Waals surface area contributed by atoms with Crippen LogP contribution in [0.1, 0.15) is 44.3 Å². The molecule has 2 amide bonds. The van der Waals surface area contributed by atoms with Crippen molar-refractivity contribution in [1.29, 1.82) is 0 Å². The second-order valence-corrected chi connectivity index (χ2v) is 9.53. The molecule has 1 N–H and O–H groups in total. The molecule has 0 atom stereocenters. The normalized spacial score (nSPS) is 12.8. The molecule has 0 radical (unpaired) electrons. The molecule has 0 unspecified atom stereocenters. The number of carbonyl (C=O) groups is 3. The second-order valence-electron chi connectivity index (χ2n) is 7.34. The molecule has 2 aromatic heterocycles.